The van der Waals surface area contributed by atoms with Crippen molar-refractivity contribution in [1.29, 1.82) is 0 Å². The lowest BCUT2D eigenvalue weighted by molar-refractivity contribution is 0.0674. The van der Waals surface area contributed by atoms with Crippen LogP contribution in [0, 0.1) is 0 Å². The molecule has 0 fully saturated rings. The molecule has 0 saturated carbocycles. The van der Waals surface area contributed by atoms with E-state index in [1.165, 1.54) is 0 Å². The van der Waals surface area contributed by atoms with Gasteiger partial charge in [-0.25, -0.2) is 4.98 Å². The van der Waals surface area contributed by atoms with Gasteiger partial charge in [-0.2, -0.15) is 0 Å². The molecule has 0 spiro atoms. The average molecular weight is 305 g/mol. The second-order valence-electron chi connectivity index (χ2n) is 3.24. The average Bonchev–Trinajstić information content (AvgIpc) is 2.30. The van der Waals surface area contributed by atoms with E-state index in [0.29, 0.717) is 6.54 Å². The van der Waals surface area contributed by atoms with Crippen molar-refractivity contribution in [3.05, 3.63) is 22.8 Å². The van der Waals surface area contributed by atoms with Gasteiger partial charge < -0.3 is 10.5 Å². The zero-order valence-corrected chi connectivity index (χ0v) is 11.8. The van der Waals surface area contributed by atoms with Crippen molar-refractivity contribution in [2.45, 2.75) is 24.5 Å². The summed E-state index contributed by atoms with van der Waals surface area (Å²) in [5, 5.41) is 1.02. The van der Waals surface area contributed by atoms with Crippen molar-refractivity contribution in [3.63, 3.8) is 0 Å². The lowest BCUT2D eigenvalue weighted by Gasteiger charge is -2.14. The summed E-state index contributed by atoms with van der Waals surface area (Å²) in [4.78, 5) is 4.29. The number of rotatable bonds is 7. The predicted octanol–water partition coefficient (Wildman–Crippen LogP) is 2.69. The molecule has 0 aliphatic heterocycles. The van der Waals surface area contributed by atoms with E-state index in [1.807, 2.05) is 19.1 Å². The van der Waals surface area contributed by atoms with Crippen LogP contribution in [0.5, 0.6) is 0 Å². The number of ether oxygens (including phenoxy) is 1. The normalized spacial score (nSPS) is 12.7. The second kappa shape index (κ2) is 8.06. The molecule has 0 saturated heterocycles. The van der Waals surface area contributed by atoms with Crippen molar-refractivity contribution >= 4 is 27.7 Å². The first-order valence-electron chi connectivity index (χ1n) is 5.33. The third kappa shape index (κ3) is 4.82. The molecule has 0 aliphatic carbocycles. The second-order valence-corrected chi connectivity index (χ2v) is 5.18. The van der Waals surface area contributed by atoms with Crippen LogP contribution >= 0.6 is 27.7 Å². The molecule has 1 heterocycles. The third-order valence-corrected chi connectivity index (χ3v) is 4.01. The summed E-state index contributed by atoms with van der Waals surface area (Å²) in [6.07, 6.45) is 2.92. The molecule has 0 aliphatic rings. The molecule has 2 N–H and O–H groups in total. The van der Waals surface area contributed by atoms with Crippen molar-refractivity contribution in [2.75, 3.05) is 18.9 Å². The van der Waals surface area contributed by atoms with Crippen LogP contribution in [-0.4, -0.2) is 30.0 Å². The van der Waals surface area contributed by atoms with Gasteiger partial charge in [0.2, 0.25) is 0 Å². The van der Waals surface area contributed by atoms with Crippen LogP contribution in [0.15, 0.2) is 27.8 Å². The lowest BCUT2D eigenvalue weighted by atomic mass is 10.3. The first kappa shape index (κ1) is 14.0. The van der Waals surface area contributed by atoms with E-state index in [2.05, 4.69) is 20.9 Å². The van der Waals surface area contributed by atoms with Crippen molar-refractivity contribution < 1.29 is 4.74 Å². The molecule has 90 valence electrons. The Morgan fingerprint density at radius 2 is 2.44 bits per heavy atom. The number of thioether (sulfide) groups is 1. The number of nitrogens with zero attached hydrogens (tertiary/aromatic N) is 1. The molecule has 1 aromatic heterocycles. The van der Waals surface area contributed by atoms with Crippen LogP contribution in [0.3, 0.4) is 0 Å². The molecule has 1 unspecified atom stereocenters. The summed E-state index contributed by atoms with van der Waals surface area (Å²) in [5.74, 6) is 0.970. The molecule has 0 radical (unpaired) electrons. The molecule has 0 aromatic carbocycles. The number of hydrogen-bond donors (Lipinski definition) is 1. The molecule has 0 amide bonds. The van der Waals surface area contributed by atoms with E-state index in [1.54, 1.807) is 18.0 Å². The minimum absolute atomic E-state index is 0.167. The molecule has 3 nitrogen and oxygen atoms in total. The summed E-state index contributed by atoms with van der Waals surface area (Å²) in [6, 6.07) is 3.91. The summed E-state index contributed by atoms with van der Waals surface area (Å²) >= 11 is 5.20. The minimum Gasteiger partial charge on any atom is -0.377 e. The van der Waals surface area contributed by atoms with Gasteiger partial charge in [0.1, 0.15) is 5.03 Å². The molecule has 1 rings (SSSR count). The fourth-order valence-corrected chi connectivity index (χ4v) is 2.78. The Balaban J connectivity index is 2.32. The Kier molecular flexibility index (Phi) is 7.03. The highest BCUT2D eigenvalue weighted by Crippen LogP contribution is 2.25. The Morgan fingerprint density at radius 1 is 1.62 bits per heavy atom. The number of hydrogen-bond acceptors (Lipinski definition) is 4. The van der Waals surface area contributed by atoms with Crippen LogP contribution in [-0.2, 0) is 4.74 Å². The van der Waals surface area contributed by atoms with E-state index in [9.17, 15) is 0 Å². The number of aromatic nitrogens is 1. The van der Waals surface area contributed by atoms with E-state index in [4.69, 9.17) is 10.5 Å². The van der Waals surface area contributed by atoms with Gasteiger partial charge in [-0.05, 0) is 41.4 Å². The highest BCUT2D eigenvalue weighted by Gasteiger charge is 2.07. The summed E-state index contributed by atoms with van der Waals surface area (Å²) < 4.78 is 6.53. The van der Waals surface area contributed by atoms with Crippen LogP contribution in [0.4, 0.5) is 0 Å². The van der Waals surface area contributed by atoms with Gasteiger partial charge in [-0.3, -0.25) is 0 Å². The van der Waals surface area contributed by atoms with Gasteiger partial charge >= 0.3 is 0 Å². The lowest BCUT2D eigenvalue weighted by Crippen LogP contribution is -2.24. The van der Waals surface area contributed by atoms with Crippen LogP contribution in [0.1, 0.15) is 13.3 Å². The van der Waals surface area contributed by atoms with Gasteiger partial charge in [-0.1, -0.05) is 0 Å². The largest absolute Gasteiger partial charge is 0.377 e. The molecule has 5 heteroatoms. The first-order valence-corrected chi connectivity index (χ1v) is 7.10. The Labute approximate surface area is 109 Å². The molecule has 1 atom stereocenters. The van der Waals surface area contributed by atoms with E-state index >= 15 is 0 Å². The van der Waals surface area contributed by atoms with E-state index < -0.39 is 0 Å². The summed E-state index contributed by atoms with van der Waals surface area (Å²) in [7, 11) is 0. The molecular formula is C11H17BrN2OS. The van der Waals surface area contributed by atoms with Gasteiger partial charge in [0.15, 0.2) is 0 Å². The maximum atomic E-state index is 5.61. The van der Waals surface area contributed by atoms with Gasteiger partial charge in [0.25, 0.3) is 0 Å². The topological polar surface area (TPSA) is 48.1 Å². The van der Waals surface area contributed by atoms with Gasteiger partial charge in [-0.15, -0.1) is 11.8 Å². The monoisotopic (exact) mass is 304 g/mol. The zero-order valence-electron chi connectivity index (χ0n) is 9.36. The fourth-order valence-electron chi connectivity index (χ4n) is 1.27. The van der Waals surface area contributed by atoms with Crippen molar-refractivity contribution in [2.24, 2.45) is 5.73 Å². The number of halogens is 1. The maximum Gasteiger partial charge on any atom is 0.110 e. The summed E-state index contributed by atoms with van der Waals surface area (Å²) in [6.45, 7) is 3.29. The predicted molar refractivity (Wildman–Crippen MR) is 71.7 cm³/mol. The SMILES string of the molecule is CCOC(CN)CCSc1ncccc1Br. The van der Waals surface area contributed by atoms with Crippen LogP contribution in [0.2, 0.25) is 0 Å². The quantitative estimate of drug-likeness (QED) is 0.787. The third-order valence-electron chi connectivity index (χ3n) is 2.07. The number of pyridine rings is 1. The first-order chi connectivity index (χ1) is 7.77. The highest BCUT2D eigenvalue weighted by atomic mass is 79.9. The van der Waals surface area contributed by atoms with E-state index in [-0.39, 0.29) is 6.10 Å². The number of nitrogens with two attached hydrogens (primary N) is 1. The molecule has 1 aromatic rings. The van der Waals surface area contributed by atoms with E-state index in [0.717, 1.165) is 28.3 Å². The van der Waals surface area contributed by atoms with Crippen LogP contribution < -0.4 is 5.73 Å². The Hall–Kier alpha value is -0.100. The molecular weight excluding hydrogens is 288 g/mol. The smallest absolute Gasteiger partial charge is 0.110 e. The Morgan fingerprint density at radius 3 is 3.06 bits per heavy atom. The van der Waals surface area contributed by atoms with Crippen LogP contribution in [0.25, 0.3) is 0 Å². The van der Waals surface area contributed by atoms with Crippen molar-refractivity contribution in [1.82, 2.24) is 4.98 Å². The molecule has 16 heavy (non-hydrogen) atoms. The minimum atomic E-state index is 0.167. The van der Waals surface area contributed by atoms with Crippen molar-refractivity contribution in [3.8, 4) is 0 Å². The van der Waals surface area contributed by atoms with Gasteiger partial charge in [0, 0.05) is 29.6 Å². The fraction of sp³-hybridized carbons (Fsp3) is 0.545. The standard InChI is InChI=1S/C11H17BrN2OS/c1-2-15-9(8-13)5-7-16-11-10(12)4-3-6-14-11/h3-4,6,9H,2,5,7-8,13H2,1H3. The zero-order chi connectivity index (χ0) is 11.8. The maximum absolute atomic E-state index is 5.61. The summed E-state index contributed by atoms with van der Waals surface area (Å²) in [5.41, 5.74) is 5.61. The highest BCUT2D eigenvalue weighted by molar-refractivity contribution is 9.10. The molecule has 0 bridgehead atoms. The van der Waals surface area contributed by atoms with Gasteiger partial charge in [0.05, 0.1) is 6.10 Å². The Bertz CT molecular complexity index is 312.